The molecule has 0 atom stereocenters. The first kappa shape index (κ1) is 21.1. The molecule has 0 bridgehead atoms. The highest BCUT2D eigenvalue weighted by molar-refractivity contribution is 9.10. The Hall–Kier alpha value is -2.60. The summed E-state index contributed by atoms with van der Waals surface area (Å²) in [7, 11) is 0. The van der Waals surface area contributed by atoms with Gasteiger partial charge in [0.25, 0.3) is 0 Å². The van der Waals surface area contributed by atoms with Crippen molar-refractivity contribution >= 4 is 32.9 Å². The Bertz CT molecular complexity index is 1070. The molecule has 2 aromatic carbocycles. The predicted octanol–water partition coefficient (Wildman–Crippen LogP) is 5.33. The van der Waals surface area contributed by atoms with E-state index in [1.165, 1.54) is 6.07 Å². The fraction of sp³-hybridized carbons (Fsp3) is 0.304. The first-order chi connectivity index (χ1) is 13.8. The van der Waals surface area contributed by atoms with Crippen LogP contribution < -0.4 is 10.4 Å². The van der Waals surface area contributed by atoms with Crippen LogP contribution in [0.4, 0.5) is 0 Å². The lowest BCUT2D eigenvalue weighted by Gasteiger charge is -2.14. The third-order valence-electron chi connectivity index (χ3n) is 4.41. The molecule has 3 rings (SSSR count). The van der Waals surface area contributed by atoms with Crippen molar-refractivity contribution in [2.75, 3.05) is 0 Å². The molecule has 152 valence electrons. The Labute approximate surface area is 177 Å². The van der Waals surface area contributed by atoms with Crippen LogP contribution >= 0.6 is 15.9 Å². The van der Waals surface area contributed by atoms with Crippen LogP contribution in [0.25, 0.3) is 11.0 Å². The molecule has 0 aliphatic carbocycles. The average molecular weight is 459 g/mol. The maximum atomic E-state index is 12.0. The molecule has 1 aromatic heterocycles. The van der Waals surface area contributed by atoms with E-state index < -0.39 is 5.63 Å². The smallest absolute Gasteiger partial charge is 0.336 e. The van der Waals surface area contributed by atoms with Gasteiger partial charge in [-0.1, -0.05) is 28.1 Å². The molecule has 5 nitrogen and oxygen atoms in total. The van der Waals surface area contributed by atoms with Gasteiger partial charge in [-0.15, -0.1) is 0 Å². The van der Waals surface area contributed by atoms with Gasteiger partial charge in [0.15, 0.2) is 0 Å². The summed E-state index contributed by atoms with van der Waals surface area (Å²) in [5.41, 5.74) is 2.76. The minimum Gasteiger partial charge on any atom is -0.488 e. The van der Waals surface area contributed by atoms with Gasteiger partial charge in [-0.2, -0.15) is 0 Å². The van der Waals surface area contributed by atoms with E-state index >= 15 is 0 Å². The predicted molar refractivity (Wildman–Crippen MR) is 115 cm³/mol. The molecule has 0 saturated heterocycles. The van der Waals surface area contributed by atoms with Gasteiger partial charge in [-0.05, 0) is 62.1 Å². The van der Waals surface area contributed by atoms with E-state index in [-0.39, 0.29) is 18.5 Å². The summed E-state index contributed by atoms with van der Waals surface area (Å²) in [4.78, 5) is 23.8. The standard InChI is InChI=1S/C23H23BrO5/c1-14(2)28-22(25)9-6-17-11-19-15(3)10-23(26)29-21(19)12-20(17)27-13-16-4-7-18(24)8-5-16/h4-5,7-8,10-12,14H,6,9,13H2,1-3H3. The topological polar surface area (TPSA) is 65.7 Å². The van der Waals surface area contributed by atoms with Gasteiger partial charge in [0, 0.05) is 28.4 Å². The number of halogens is 1. The first-order valence-electron chi connectivity index (χ1n) is 9.46. The highest BCUT2D eigenvalue weighted by Crippen LogP contribution is 2.29. The normalized spacial score (nSPS) is 11.1. The maximum absolute atomic E-state index is 12.0. The van der Waals surface area contributed by atoms with E-state index in [1.807, 2.05) is 51.1 Å². The highest BCUT2D eigenvalue weighted by atomic mass is 79.9. The molecule has 0 saturated carbocycles. The maximum Gasteiger partial charge on any atom is 0.336 e. The number of benzene rings is 2. The van der Waals surface area contributed by atoms with Crippen LogP contribution in [0.2, 0.25) is 0 Å². The fourth-order valence-corrected chi connectivity index (χ4v) is 3.29. The Morgan fingerprint density at radius 1 is 1.14 bits per heavy atom. The van der Waals surface area contributed by atoms with Crippen LogP contribution in [0.3, 0.4) is 0 Å². The fourth-order valence-electron chi connectivity index (χ4n) is 3.02. The second kappa shape index (κ2) is 9.27. The number of ether oxygens (including phenoxy) is 2. The van der Waals surface area contributed by atoms with Crippen molar-refractivity contribution in [2.24, 2.45) is 0 Å². The monoisotopic (exact) mass is 458 g/mol. The molecule has 3 aromatic rings. The Morgan fingerprint density at radius 2 is 1.86 bits per heavy atom. The Balaban J connectivity index is 1.89. The van der Waals surface area contributed by atoms with Crippen LogP contribution in [0.1, 0.15) is 37.0 Å². The molecule has 29 heavy (non-hydrogen) atoms. The molecular formula is C23H23BrO5. The van der Waals surface area contributed by atoms with Crippen LogP contribution in [0, 0.1) is 6.92 Å². The number of hydrogen-bond acceptors (Lipinski definition) is 5. The van der Waals surface area contributed by atoms with Gasteiger partial charge in [-0.25, -0.2) is 4.79 Å². The summed E-state index contributed by atoms with van der Waals surface area (Å²) in [6.45, 7) is 5.87. The second-order valence-electron chi connectivity index (χ2n) is 7.16. The molecule has 0 spiro atoms. The number of fused-ring (bicyclic) bond motifs is 1. The van der Waals surface area contributed by atoms with Gasteiger partial charge >= 0.3 is 11.6 Å². The van der Waals surface area contributed by atoms with E-state index in [1.54, 1.807) is 6.07 Å². The molecule has 0 unspecified atom stereocenters. The van der Waals surface area contributed by atoms with E-state index in [4.69, 9.17) is 13.9 Å². The number of aryl methyl sites for hydroxylation is 2. The SMILES string of the molecule is Cc1cc(=O)oc2cc(OCc3ccc(Br)cc3)c(CCC(=O)OC(C)C)cc12. The van der Waals surface area contributed by atoms with E-state index in [0.29, 0.717) is 24.4 Å². The number of rotatable bonds is 7. The zero-order valence-corrected chi connectivity index (χ0v) is 18.2. The highest BCUT2D eigenvalue weighted by Gasteiger charge is 2.14. The number of carbonyl (C=O) groups excluding carboxylic acids is 1. The van der Waals surface area contributed by atoms with Crippen molar-refractivity contribution in [2.45, 2.75) is 46.3 Å². The largest absolute Gasteiger partial charge is 0.488 e. The van der Waals surface area contributed by atoms with Gasteiger partial charge in [0.2, 0.25) is 0 Å². The minimum absolute atomic E-state index is 0.149. The average Bonchev–Trinajstić information content (AvgIpc) is 2.65. The van der Waals surface area contributed by atoms with Gasteiger partial charge < -0.3 is 13.9 Å². The summed E-state index contributed by atoms with van der Waals surface area (Å²) in [5.74, 6) is 0.335. The molecule has 0 aliphatic heterocycles. The van der Waals surface area contributed by atoms with Crippen molar-refractivity contribution in [3.8, 4) is 5.75 Å². The zero-order valence-electron chi connectivity index (χ0n) is 16.7. The molecule has 0 N–H and O–H groups in total. The summed E-state index contributed by atoms with van der Waals surface area (Å²) in [6, 6.07) is 12.9. The van der Waals surface area contributed by atoms with Crippen LogP contribution in [-0.2, 0) is 22.6 Å². The minimum atomic E-state index is -0.401. The molecular weight excluding hydrogens is 436 g/mol. The summed E-state index contributed by atoms with van der Waals surface area (Å²) in [5, 5.41) is 0.827. The molecule has 6 heteroatoms. The quantitative estimate of drug-likeness (QED) is 0.353. The molecule has 1 heterocycles. The van der Waals surface area contributed by atoms with Crippen LogP contribution in [-0.4, -0.2) is 12.1 Å². The first-order valence-corrected chi connectivity index (χ1v) is 10.2. The summed E-state index contributed by atoms with van der Waals surface area (Å²) in [6.07, 6.45) is 0.563. The third-order valence-corrected chi connectivity index (χ3v) is 4.93. The van der Waals surface area contributed by atoms with Crippen LogP contribution in [0.5, 0.6) is 5.75 Å². The van der Waals surface area contributed by atoms with Gasteiger partial charge in [0.05, 0.1) is 6.10 Å². The van der Waals surface area contributed by atoms with Gasteiger partial charge in [0.1, 0.15) is 17.9 Å². The Morgan fingerprint density at radius 3 is 2.55 bits per heavy atom. The third kappa shape index (κ3) is 5.70. The summed E-state index contributed by atoms with van der Waals surface area (Å²) < 4.78 is 17.6. The second-order valence-corrected chi connectivity index (χ2v) is 8.07. The number of hydrogen-bond donors (Lipinski definition) is 0. The van der Waals surface area contributed by atoms with Gasteiger partial charge in [-0.3, -0.25) is 4.79 Å². The van der Waals surface area contributed by atoms with Crippen LogP contribution in [0.15, 0.2) is 56.1 Å². The lowest BCUT2D eigenvalue weighted by Crippen LogP contribution is -2.12. The lowest BCUT2D eigenvalue weighted by atomic mass is 10.0. The van der Waals surface area contributed by atoms with Crippen molar-refractivity contribution < 1.29 is 18.7 Å². The van der Waals surface area contributed by atoms with Crippen molar-refractivity contribution in [3.05, 3.63) is 74.0 Å². The lowest BCUT2D eigenvalue weighted by molar-refractivity contribution is -0.147. The number of carbonyl (C=O) groups is 1. The molecule has 0 radical (unpaired) electrons. The van der Waals surface area contributed by atoms with Crippen molar-refractivity contribution in [1.29, 1.82) is 0 Å². The van der Waals surface area contributed by atoms with E-state index in [0.717, 1.165) is 26.5 Å². The van der Waals surface area contributed by atoms with Crippen molar-refractivity contribution in [1.82, 2.24) is 0 Å². The van der Waals surface area contributed by atoms with E-state index in [9.17, 15) is 9.59 Å². The summed E-state index contributed by atoms with van der Waals surface area (Å²) >= 11 is 3.42. The van der Waals surface area contributed by atoms with E-state index in [2.05, 4.69) is 15.9 Å². The molecule has 0 amide bonds. The molecule has 0 fully saturated rings. The Kier molecular flexibility index (Phi) is 6.75. The zero-order chi connectivity index (χ0) is 21.0. The number of esters is 1. The molecule has 0 aliphatic rings. The van der Waals surface area contributed by atoms with Crippen molar-refractivity contribution in [3.63, 3.8) is 0 Å².